The highest BCUT2D eigenvalue weighted by molar-refractivity contribution is 5.87. The Bertz CT molecular complexity index is 731. The lowest BCUT2D eigenvalue weighted by Gasteiger charge is -1.92. The molecular formula is C16H10O4. The predicted octanol–water partition coefficient (Wildman–Crippen LogP) is 1.87. The molecular weight excluding hydrogens is 256 g/mol. The first-order valence-electron chi connectivity index (χ1n) is 5.74. The molecule has 1 aromatic heterocycles. The summed E-state index contributed by atoms with van der Waals surface area (Å²) < 4.78 is 5.17. The van der Waals surface area contributed by atoms with Crippen LogP contribution in [-0.4, -0.2) is 16.2 Å². The number of carboxylic acids is 1. The lowest BCUT2D eigenvalue weighted by molar-refractivity contribution is 0.0697. The number of aliphatic hydroxyl groups is 1. The number of furan rings is 1. The molecule has 0 amide bonds. The molecule has 0 spiro atoms. The van der Waals surface area contributed by atoms with Crippen molar-refractivity contribution in [1.29, 1.82) is 0 Å². The fourth-order valence-electron chi connectivity index (χ4n) is 1.42. The van der Waals surface area contributed by atoms with Crippen LogP contribution in [-0.2, 0) is 6.61 Å². The van der Waals surface area contributed by atoms with Crippen molar-refractivity contribution in [3.63, 3.8) is 0 Å². The van der Waals surface area contributed by atoms with Gasteiger partial charge in [0.05, 0.1) is 5.56 Å². The molecule has 0 aliphatic carbocycles. The molecule has 0 atom stereocenters. The van der Waals surface area contributed by atoms with E-state index in [4.69, 9.17) is 14.6 Å². The maximum atomic E-state index is 10.7. The Kier molecular flexibility index (Phi) is 4.24. The molecule has 0 aliphatic rings. The van der Waals surface area contributed by atoms with Gasteiger partial charge in [0.2, 0.25) is 0 Å². The maximum Gasteiger partial charge on any atom is 0.335 e. The van der Waals surface area contributed by atoms with Crippen LogP contribution < -0.4 is 0 Å². The number of benzene rings is 1. The molecule has 0 saturated carbocycles. The Morgan fingerprint density at radius 1 is 1.05 bits per heavy atom. The zero-order valence-electron chi connectivity index (χ0n) is 10.4. The van der Waals surface area contributed by atoms with Crippen LogP contribution in [0, 0.1) is 23.7 Å². The summed E-state index contributed by atoms with van der Waals surface area (Å²) in [5.74, 6) is 10.7. The molecule has 1 aromatic carbocycles. The van der Waals surface area contributed by atoms with Gasteiger partial charge in [-0.25, -0.2) is 4.79 Å². The van der Waals surface area contributed by atoms with E-state index in [1.807, 2.05) is 0 Å². The number of hydrogen-bond acceptors (Lipinski definition) is 3. The molecule has 0 aliphatic heterocycles. The highest BCUT2D eigenvalue weighted by Gasteiger charge is 1.99. The van der Waals surface area contributed by atoms with E-state index >= 15 is 0 Å². The van der Waals surface area contributed by atoms with Crippen molar-refractivity contribution >= 4 is 5.97 Å². The van der Waals surface area contributed by atoms with Crippen LogP contribution in [0.2, 0.25) is 0 Å². The summed E-state index contributed by atoms with van der Waals surface area (Å²) in [6.07, 6.45) is 0. The van der Waals surface area contributed by atoms with Crippen LogP contribution in [0.25, 0.3) is 0 Å². The number of rotatable bonds is 2. The quantitative estimate of drug-likeness (QED) is 0.814. The Morgan fingerprint density at radius 2 is 1.75 bits per heavy atom. The number of aliphatic hydroxyl groups excluding tert-OH is 1. The van der Waals surface area contributed by atoms with E-state index in [1.54, 1.807) is 24.3 Å². The zero-order valence-corrected chi connectivity index (χ0v) is 10.4. The van der Waals surface area contributed by atoms with Gasteiger partial charge in [-0.15, -0.1) is 0 Å². The van der Waals surface area contributed by atoms with Crippen LogP contribution in [0.1, 0.15) is 27.4 Å². The monoisotopic (exact) mass is 266 g/mol. The third kappa shape index (κ3) is 3.52. The second-order valence-electron chi connectivity index (χ2n) is 3.81. The van der Waals surface area contributed by atoms with Gasteiger partial charge in [-0.3, -0.25) is 0 Å². The van der Waals surface area contributed by atoms with Gasteiger partial charge in [-0.05, 0) is 54.2 Å². The molecule has 0 radical (unpaired) electrons. The summed E-state index contributed by atoms with van der Waals surface area (Å²) in [5.41, 5.74) is 0.897. The fraction of sp³-hybridized carbons (Fsp3) is 0.0625. The van der Waals surface area contributed by atoms with E-state index < -0.39 is 5.97 Å². The molecule has 0 saturated heterocycles. The van der Waals surface area contributed by atoms with Crippen LogP contribution in [0.15, 0.2) is 40.8 Å². The SMILES string of the molecule is O=C(O)c1ccc(C#CC#Cc2ccc(CO)o2)cc1. The summed E-state index contributed by atoms with van der Waals surface area (Å²) in [4.78, 5) is 10.7. The highest BCUT2D eigenvalue weighted by atomic mass is 16.4. The summed E-state index contributed by atoms with van der Waals surface area (Å²) >= 11 is 0. The largest absolute Gasteiger partial charge is 0.478 e. The minimum atomic E-state index is -0.971. The van der Waals surface area contributed by atoms with Crippen LogP contribution in [0.5, 0.6) is 0 Å². The minimum Gasteiger partial charge on any atom is -0.478 e. The van der Waals surface area contributed by atoms with Gasteiger partial charge in [0.25, 0.3) is 0 Å². The normalized spacial score (nSPS) is 9.05. The number of hydrogen-bond donors (Lipinski definition) is 2. The first-order chi connectivity index (χ1) is 9.69. The van der Waals surface area contributed by atoms with E-state index in [2.05, 4.69) is 23.7 Å². The Hall–Kier alpha value is -2.95. The molecule has 4 nitrogen and oxygen atoms in total. The predicted molar refractivity (Wildman–Crippen MR) is 71.8 cm³/mol. The van der Waals surface area contributed by atoms with Gasteiger partial charge in [-0.1, -0.05) is 5.92 Å². The molecule has 2 aromatic rings. The van der Waals surface area contributed by atoms with Crippen LogP contribution in [0.3, 0.4) is 0 Å². The molecule has 4 heteroatoms. The standard InChI is InChI=1S/C16H10O4/c17-11-15-10-9-14(20-15)4-2-1-3-12-5-7-13(8-6-12)16(18)19/h5-10,17H,11H2,(H,18,19). The van der Waals surface area contributed by atoms with Crippen molar-refractivity contribution in [3.8, 4) is 23.7 Å². The number of carboxylic acid groups (broad SMARTS) is 1. The zero-order chi connectivity index (χ0) is 14.4. The minimum absolute atomic E-state index is 0.163. The Labute approximate surface area is 115 Å². The number of aromatic carboxylic acids is 1. The molecule has 0 fully saturated rings. The van der Waals surface area contributed by atoms with Crippen LogP contribution in [0.4, 0.5) is 0 Å². The van der Waals surface area contributed by atoms with Crippen molar-refractivity contribution in [2.75, 3.05) is 0 Å². The second kappa shape index (κ2) is 6.29. The summed E-state index contributed by atoms with van der Waals surface area (Å²) in [5, 5.41) is 17.6. The lowest BCUT2D eigenvalue weighted by Crippen LogP contribution is -1.94. The Morgan fingerprint density at radius 3 is 2.35 bits per heavy atom. The molecule has 0 bridgehead atoms. The van der Waals surface area contributed by atoms with Gasteiger partial charge in [0.1, 0.15) is 12.4 Å². The first-order valence-corrected chi connectivity index (χ1v) is 5.74. The van der Waals surface area contributed by atoms with Gasteiger partial charge >= 0.3 is 5.97 Å². The molecule has 20 heavy (non-hydrogen) atoms. The van der Waals surface area contributed by atoms with E-state index in [0.29, 0.717) is 17.1 Å². The third-order valence-corrected chi connectivity index (χ3v) is 2.40. The van der Waals surface area contributed by atoms with Crippen molar-refractivity contribution in [2.24, 2.45) is 0 Å². The van der Waals surface area contributed by atoms with Gasteiger partial charge in [-0.2, -0.15) is 0 Å². The maximum absolute atomic E-state index is 10.7. The van der Waals surface area contributed by atoms with Crippen molar-refractivity contribution in [3.05, 3.63) is 59.0 Å². The van der Waals surface area contributed by atoms with Crippen molar-refractivity contribution < 1.29 is 19.4 Å². The second-order valence-corrected chi connectivity index (χ2v) is 3.81. The molecule has 98 valence electrons. The summed E-state index contributed by atoms with van der Waals surface area (Å²) in [7, 11) is 0. The lowest BCUT2D eigenvalue weighted by atomic mass is 10.1. The number of carbonyl (C=O) groups is 1. The van der Waals surface area contributed by atoms with E-state index in [1.165, 1.54) is 12.1 Å². The smallest absolute Gasteiger partial charge is 0.335 e. The van der Waals surface area contributed by atoms with E-state index in [0.717, 1.165) is 0 Å². The fourth-order valence-corrected chi connectivity index (χ4v) is 1.42. The van der Waals surface area contributed by atoms with E-state index in [-0.39, 0.29) is 12.2 Å². The first kappa shape index (κ1) is 13.5. The Balaban J connectivity index is 2.06. The molecule has 1 heterocycles. The van der Waals surface area contributed by atoms with Gasteiger partial charge in [0, 0.05) is 5.56 Å². The average Bonchev–Trinajstić information content (AvgIpc) is 2.92. The van der Waals surface area contributed by atoms with Gasteiger partial charge in [0.15, 0.2) is 5.76 Å². The van der Waals surface area contributed by atoms with E-state index in [9.17, 15) is 4.79 Å². The third-order valence-electron chi connectivity index (χ3n) is 2.40. The van der Waals surface area contributed by atoms with Crippen molar-refractivity contribution in [1.82, 2.24) is 0 Å². The van der Waals surface area contributed by atoms with Crippen LogP contribution >= 0.6 is 0 Å². The van der Waals surface area contributed by atoms with Gasteiger partial charge < -0.3 is 14.6 Å². The highest BCUT2D eigenvalue weighted by Crippen LogP contribution is 2.05. The molecule has 2 rings (SSSR count). The summed E-state index contributed by atoms with van der Waals surface area (Å²) in [6, 6.07) is 9.51. The molecule has 2 N–H and O–H groups in total. The molecule has 0 unspecified atom stereocenters. The summed E-state index contributed by atoms with van der Waals surface area (Å²) in [6.45, 7) is -0.163. The average molecular weight is 266 g/mol. The van der Waals surface area contributed by atoms with Crippen molar-refractivity contribution in [2.45, 2.75) is 6.61 Å². The topological polar surface area (TPSA) is 70.7 Å².